The molecule has 2 aliphatic carbocycles. The predicted molar refractivity (Wildman–Crippen MR) is 476 cm³/mol. The van der Waals surface area contributed by atoms with E-state index in [-0.39, 0.29) is 132 Å². The first-order valence-corrected chi connectivity index (χ1v) is 44.6. The Hall–Kier alpha value is -9.65. The Labute approximate surface area is 729 Å². The molecule has 11 atom stereocenters. The number of unbranched alkanes of at least 4 members (excludes halogenated alkanes) is 5. The third-order valence-electron chi connectivity index (χ3n) is 23.4. The number of nitrogens with one attached hydrogen (secondary N) is 5. The zero-order valence-corrected chi connectivity index (χ0v) is 74.0. The summed E-state index contributed by atoms with van der Waals surface area (Å²) in [6.45, 7) is 17.8. The predicted octanol–water partition coefficient (Wildman–Crippen LogP) is 12.4. The Bertz CT molecular complexity index is 4140. The van der Waals surface area contributed by atoms with E-state index in [4.69, 9.17) is 35.5 Å². The summed E-state index contributed by atoms with van der Waals surface area (Å²) in [6.07, 6.45) is 6.44. The smallest absolute Gasteiger partial charge is 0.410 e. The normalized spacial score (nSPS) is 15.9. The van der Waals surface area contributed by atoms with Gasteiger partial charge >= 0.3 is 24.1 Å². The highest BCUT2D eigenvalue weighted by molar-refractivity contribution is 7.91. The van der Waals surface area contributed by atoms with E-state index in [1.807, 2.05) is 65.8 Å². The fourth-order valence-corrected chi connectivity index (χ4v) is 17.5. The van der Waals surface area contributed by atoms with Gasteiger partial charge in [-0.1, -0.05) is 194 Å². The summed E-state index contributed by atoms with van der Waals surface area (Å²) in [5.41, 5.74) is 17.4. The van der Waals surface area contributed by atoms with Gasteiger partial charge < -0.3 is 71.5 Å². The third kappa shape index (κ3) is 32.8. The van der Waals surface area contributed by atoms with Crippen LogP contribution in [0.1, 0.15) is 234 Å². The van der Waals surface area contributed by atoms with Crippen molar-refractivity contribution < 1.29 is 90.0 Å². The lowest BCUT2D eigenvalue weighted by molar-refractivity contribution is -0.149. The highest BCUT2D eigenvalue weighted by Gasteiger charge is 2.46. The molecule has 7 rings (SSSR count). The summed E-state index contributed by atoms with van der Waals surface area (Å²) in [7, 11) is 2.14. The van der Waals surface area contributed by atoms with Gasteiger partial charge in [-0.05, 0) is 140 Å². The first-order valence-electron chi connectivity index (χ1n) is 43.0. The van der Waals surface area contributed by atoms with E-state index >= 15 is 0 Å². The molecule has 3 aliphatic rings. The van der Waals surface area contributed by atoms with Gasteiger partial charge in [0.1, 0.15) is 19.3 Å². The maximum Gasteiger partial charge on any atom is 0.410 e. The van der Waals surface area contributed by atoms with E-state index in [1.165, 1.54) is 48.4 Å². The molecule has 1 saturated carbocycles. The van der Waals surface area contributed by atoms with Crippen LogP contribution in [0.4, 0.5) is 15.3 Å². The topological polar surface area (TPSA) is 418 Å². The maximum atomic E-state index is 14.9. The first-order chi connectivity index (χ1) is 57.6. The van der Waals surface area contributed by atoms with Crippen molar-refractivity contribution in [2.45, 2.75) is 272 Å². The average Bonchev–Trinajstić information content (AvgIpc) is 1.61. The number of fused-ring (bicyclic) bond motifs is 3. The van der Waals surface area contributed by atoms with Crippen molar-refractivity contribution in [1.82, 2.24) is 35.4 Å². The van der Waals surface area contributed by atoms with Crippen LogP contribution in [-0.4, -0.2) is 202 Å². The number of rotatable bonds is 51. The molecule has 123 heavy (non-hydrogen) atoms. The zero-order valence-electron chi connectivity index (χ0n) is 73.1. The van der Waals surface area contributed by atoms with Crippen LogP contribution in [0.5, 0.6) is 0 Å². The Balaban J connectivity index is 0.000000955. The number of hydrogen-bond acceptors (Lipinski definition) is 19. The average molecular weight is 1740 g/mol. The van der Waals surface area contributed by atoms with Crippen LogP contribution >= 0.6 is 0 Å². The number of methoxy groups -OCH3 is 2. The van der Waals surface area contributed by atoms with Crippen molar-refractivity contribution in [3.05, 3.63) is 125 Å². The maximum absolute atomic E-state index is 14.9. The quantitative estimate of drug-likeness (QED) is 0.0150. The molecular weight excluding hydrogens is 1590 g/mol. The van der Waals surface area contributed by atoms with Crippen molar-refractivity contribution in [2.24, 2.45) is 52.9 Å². The number of esters is 1. The molecule has 4 aromatic carbocycles. The summed E-state index contributed by atoms with van der Waals surface area (Å²) in [4.78, 5) is 164. The number of nitrogens with two attached hydrogens (primary N) is 2. The second kappa shape index (κ2) is 52.9. The number of carbonyl (C=O) groups is 12. The number of primary amides is 1. The first kappa shape index (κ1) is 106. The number of urea groups is 1. The number of likely N-dealkylation sites (tertiary alicyclic amines) is 1. The van der Waals surface area contributed by atoms with E-state index < -0.39 is 117 Å². The van der Waals surface area contributed by atoms with Gasteiger partial charge in [-0.15, -0.1) is 0 Å². The fourth-order valence-electron chi connectivity index (χ4n) is 16.2. The molecule has 684 valence electrons. The van der Waals surface area contributed by atoms with Crippen LogP contribution in [0.2, 0.25) is 0 Å². The second-order valence-electron chi connectivity index (χ2n) is 33.5. The number of likely N-dealkylation sites (N-methyl/N-ethyl adjacent to an activating group) is 2. The number of carboxylic acids is 1. The Morgan fingerprint density at radius 3 is 1.79 bits per heavy atom. The summed E-state index contributed by atoms with van der Waals surface area (Å²) < 4.78 is 51.2. The fraction of sp³-hybridized carbons (Fsp3) is 0.613. The second-order valence-corrected chi connectivity index (χ2v) is 35.5. The van der Waals surface area contributed by atoms with Gasteiger partial charge in [-0.2, -0.15) is 0 Å². The van der Waals surface area contributed by atoms with E-state index in [0.29, 0.717) is 94.3 Å². The molecule has 1 heterocycles. The number of hydrogen-bond donors (Lipinski definition) is 8. The lowest BCUT2D eigenvalue weighted by atomic mass is 9.83. The molecule has 0 aromatic heterocycles. The van der Waals surface area contributed by atoms with Crippen LogP contribution in [0.25, 0.3) is 11.1 Å². The molecular formula is C93H142N10O19S. The van der Waals surface area contributed by atoms with Gasteiger partial charge in [0.05, 0.1) is 54.0 Å². The van der Waals surface area contributed by atoms with E-state index in [0.717, 1.165) is 32.1 Å². The minimum Gasteiger partial charge on any atom is -0.481 e. The number of anilines is 1. The molecule has 4 aromatic rings. The SMILES string of the molecule is C.C.CC[C@H](C)[C@@H]([C@@H](CC(=O)N1CCC[C@H]1[C@H](OC)[C@@H](C)C(=O)N[C@@H](Cc1ccccc1)C(=O)NS(=O)(=O)C1CC1)OC)N(C)C(=O)[C@@H](CC(=O)[C@H](C(C)C)N(C)C(=O)OCc1ccc(NC(=O)[C@H](CCCNC(N)=O)CC(=O)[C@@H](NC(=O)CCCCCN)C(C)C)cc1)C(C)C.O=C(O)CCCCCCC(=O)OCC1c2ccccc2-c2ccccc21. The molecule has 10 N–H and O–H groups in total. The number of ketones is 2. The minimum atomic E-state index is -3.92. The molecule has 2 fully saturated rings. The van der Waals surface area contributed by atoms with E-state index in [9.17, 15) is 66.0 Å². The molecule has 0 spiro atoms. The summed E-state index contributed by atoms with van der Waals surface area (Å²) in [6, 6.07) is 27.1. The molecule has 0 radical (unpaired) electrons. The largest absolute Gasteiger partial charge is 0.481 e. The number of benzene rings is 4. The van der Waals surface area contributed by atoms with Crippen molar-refractivity contribution in [3.63, 3.8) is 0 Å². The van der Waals surface area contributed by atoms with Gasteiger partial charge in [0.25, 0.3) is 5.91 Å². The monoisotopic (exact) mass is 1740 g/mol. The number of aliphatic carboxylic acids is 1. The number of carbonyl (C=O) groups excluding carboxylic acids is 11. The van der Waals surface area contributed by atoms with Crippen LogP contribution in [-0.2, 0) is 89.9 Å². The summed E-state index contributed by atoms with van der Waals surface area (Å²) >= 11 is 0. The van der Waals surface area contributed by atoms with Crippen LogP contribution in [0.3, 0.4) is 0 Å². The minimum absolute atomic E-state index is 0. The molecule has 0 unspecified atom stereocenters. The van der Waals surface area contributed by atoms with Crippen molar-refractivity contribution in [2.75, 3.05) is 59.9 Å². The molecule has 30 heteroatoms. The van der Waals surface area contributed by atoms with Crippen molar-refractivity contribution >= 4 is 86.8 Å². The Morgan fingerprint density at radius 2 is 1.23 bits per heavy atom. The van der Waals surface area contributed by atoms with Gasteiger partial charge in [0.15, 0.2) is 11.6 Å². The van der Waals surface area contributed by atoms with Gasteiger partial charge in [-0.25, -0.2) is 18.0 Å². The number of ether oxygens (including phenoxy) is 4. The van der Waals surface area contributed by atoms with Gasteiger partial charge in [0, 0.05) is 103 Å². The summed E-state index contributed by atoms with van der Waals surface area (Å²) in [5, 5.41) is 18.9. The molecule has 9 amide bonds. The van der Waals surface area contributed by atoms with E-state index in [1.54, 1.807) is 92.2 Å². The molecule has 0 bridgehead atoms. The molecule has 1 aliphatic heterocycles. The van der Waals surface area contributed by atoms with Gasteiger partial charge in [0.2, 0.25) is 39.6 Å². The zero-order chi connectivity index (χ0) is 89.2. The number of amides is 9. The van der Waals surface area contributed by atoms with Crippen LogP contribution in [0, 0.1) is 41.4 Å². The van der Waals surface area contributed by atoms with Crippen LogP contribution < -0.4 is 37.5 Å². The summed E-state index contributed by atoms with van der Waals surface area (Å²) in [5.74, 6) is -7.94. The standard InChI is InChI=1S/C69H110N10O15S.C22H24O4.2CH4/c1-14-45(8)62(57(92-12)40-59(83)79-36-22-26-54(79)63(93-13)46(9)64(84)74-53(37-47-23-17-15-18-24-47)66(86)76-95(90,91)51-32-33-51)77(10)67(87)52(42(2)3)39-56(81)61(44(6)7)78(11)69(89)94-41-48-28-30-50(31-29-48)73-65(85)49(25-21-35-72-68(71)88)38-55(80)60(43(4)5)75-58(82)27-19-16-20-34-70;23-21(24)13-3-1-2-4-14-22(25)26-15-20-18-11-7-5-9-16(18)17-10-6-8-12-19(17)20;;/h15,17-18,23-24,28-31,42-46,49,51-54,57,60-63H,14,16,19-22,25-27,32-41,70H2,1-13H3,(H,73,85)(H,74,84)(H,75,82)(H,76,86)(H3,71,72,88);5-12,20H,1-4,13-15H2,(H,23,24);2*1H4/t45-,46+,49+,52-,53-,54-,57+,60-,61-,62-,63+;;;/m0.../s1. The van der Waals surface area contributed by atoms with Crippen LogP contribution in [0.15, 0.2) is 103 Å². The van der Waals surface area contributed by atoms with Crippen molar-refractivity contribution in [1.29, 1.82) is 0 Å². The number of Topliss-reactive ketones (excluding diaryl/α,β-unsaturated/α-hetero) is 2. The lowest BCUT2D eigenvalue weighted by Crippen LogP contribution is -2.55. The Kier molecular flexibility index (Phi) is 45.4. The number of sulfonamides is 1. The highest BCUT2D eigenvalue weighted by Crippen LogP contribution is 2.45. The number of carboxylic acid groups (broad SMARTS) is 1. The highest BCUT2D eigenvalue weighted by atomic mass is 32.2. The molecule has 1 saturated heterocycles. The van der Waals surface area contributed by atoms with E-state index in [2.05, 4.69) is 50.3 Å². The lowest BCUT2D eigenvalue weighted by Gasteiger charge is -2.41. The Morgan fingerprint density at radius 1 is 0.626 bits per heavy atom. The molecule has 29 nitrogen and oxygen atoms in total. The van der Waals surface area contributed by atoms with Crippen molar-refractivity contribution in [3.8, 4) is 11.1 Å². The third-order valence-corrected chi connectivity index (χ3v) is 25.2. The number of nitrogens with zero attached hydrogens (tertiary/aromatic N) is 3. The van der Waals surface area contributed by atoms with Gasteiger partial charge in [-0.3, -0.25) is 52.7 Å².